The quantitative estimate of drug-likeness (QED) is 0.726. The topological polar surface area (TPSA) is 17.1 Å². The first-order valence-corrected chi connectivity index (χ1v) is 6.75. The Morgan fingerprint density at radius 1 is 0.857 bits per heavy atom. The molecule has 1 saturated carbocycles. The Hall–Kier alpha value is 0.370. The SMILES string of the molecule is CC(C)(C)SC1C(=O)C1SC(C)(C)C. The van der Waals surface area contributed by atoms with E-state index in [0.717, 1.165) is 0 Å². The molecule has 1 aliphatic rings. The van der Waals surface area contributed by atoms with E-state index in [4.69, 9.17) is 0 Å². The number of carbonyl (C=O) groups excluding carboxylic acids is 1. The Labute approximate surface area is 95.8 Å². The third-order valence-electron chi connectivity index (χ3n) is 1.69. The summed E-state index contributed by atoms with van der Waals surface area (Å²) < 4.78 is 0.404. The van der Waals surface area contributed by atoms with Crippen LogP contribution in [0.1, 0.15) is 41.5 Å². The van der Waals surface area contributed by atoms with Gasteiger partial charge in [-0.3, -0.25) is 4.79 Å². The Balaban J connectivity index is 2.43. The van der Waals surface area contributed by atoms with Gasteiger partial charge >= 0.3 is 0 Å². The second kappa shape index (κ2) is 3.75. The highest BCUT2D eigenvalue weighted by Gasteiger charge is 2.53. The van der Waals surface area contributed by atoms with Crippen molar-refractivity contribution in [1.82, 2.24) is 0 Å². The van der Waals surface area contributed by atoms with Gasteiger partial charge in [-0.1, -0.05) is 41.5 Å². The lowest BCUT2D eigenvalue weighted by Crippen LogP contribution is -2.12. The molecule has 0 aromatic carbocycles. The van der Waals surface area contributed by atoms with Crippen LogP contribution in [0.15, 0.2) is 0 Å². The van der Waals surface area contributed by atoms with Crippen LogP contribution in [-0.4, -0.2) is 25.8 Å². The van der Waals surface area contributed by atoms with E-state index >= 15 is 0 Å². The fraction of sp³-hybridized carbons (Fsp3) is 0.909. The number of hydrogen-bond acceptors (Lipinski definition) is 3. The molecule has 2 atom stereocenters. The summed E-state index contributed by atoms with van der Waals surface area (Å²) in [4.78, 5) is 11.5. The number of ketones is 1. The van der Waals surface area contributed by atoms with Crippen LogP contribution in [0, 0.1) is 0 Å². The molecule has 0 aromatic heterocycles. The van der Waals surface area contributed by atoms with E-state index in [1.165, 1.54) is 0 Å². The van der Waals surface area contributed by atoms with Gasteiger partial charge < -0.3 is 0 Å². The van der Waals surface area contributed by atoms with Crippen LogP contribution >= 0.6 is 23.5 Å². The average molecular weight is 232 g/mol. The Bertz CT molecular complexity index is 211. The molecular formula is C11H20OS2. The molecule has 14 heavy (non-hydrogen) atoms. The maximum Gasteiger partial charge on any atom is 0.161 e. The van der Waals surface area contributed by atoms with Crippen molar-refractivity contribution in [2.24, 2.45) is 0 Å². The summed E-state index contributed by atoms with van der Waals surface area (Å²) in [6.45, 7) is 13.0. The Kier molecular flexibility index (Phi) is 3.33. The monoisotopic (exact) mass is 232 g/mol. The molecule has 0 aliphatic heterocycles. The molecule has 0 bridgehead atoms. The maximum atomic E-state index is 11.5. The van der Waals surface area contributed by atoms with Gasteiger partial charge in [-0.05, 0) is 0 Å². The molecule has 0 spiro atoms. The van der Waals surface area contributed by atoms with Gasteiger partial charge in [0.1, 0.15) is 0 Å². The Morgan fingerprint density at radius 2 is 1.14 bits per heavy atom. The van der Waals surface area contributed by atoms with Crippen LogP contribution in [-0.2, 0) is 4.79 Å². The van der Waals surface area contributed by atoms with Crippen molar-refractivity contribution in [3.05, 3.63) is 0 Å². The van der Waals surface area contributed by atoms with Gasteiger partial charge in [0.2, 0.25) is 0 Å². The van der Waals surface area contributed by atoms with Crippen LogP contribution < -0.4 is 0 Å². The van der Waals surface area contributed by atoms with Gasteiger partial charge in [0, 0.05) is 9.49 Å². The third-order valence-corrected chi connectivity index (χ3v) is 4.79. The summed E-state index contributed by atoms with van der Waals surface area (Å²) in [5.41, 5.74) is 0. The first kappa shape index (κ1) is 12.4. The second-order valence-corrected chi connectivity index (χ2v) is 9.64. The molecule has 0 aromatic rings. The highest BCUT2D eigenvalue weighted by molar-refractivity contribution is 8.07. The van der Waals surface area contributed by atoms with E-state index in [2.05, 4.69) is 41.5 Å². The minimum absolute atomic E-state index is 0.202. The van der Waals surface area contributed by atoms with Crippen molar-refractivity contribution in [2.75, 3.05) is 0 Å². The lowest BCUT2D eigenvalue weighted by molar-refractivity contribution is -0.109. The smallest absolute Gasteiger partial charge is 0.161 e. The lowest BCUT2D eigenvalue weighted by atomic mass is 10.3. The van der Waals surface area contributed by atoms with Gasteiger partial charge in [-0.2, -0.15) is 0 Å². The van der Waals surface area contributed by atoms with Gasteiger partial charge in [-0.15, -0.1) is 23.5 Å². The lowest BCUT2D eigenvalue weighted by Gasteiger charge is -2.19. The van der Waals surface area contributed by atoms with E-state index < -0.39 is 0 Å². The van der Waals surface area contributed by atoms with Crippen molar-refractivity contribution < 1.29 is 4.79 Å². The fourth-order valence-electron chi connectivity index (χ4n) is 1.20. The molecule has 0 N–H and O–H groups in total. The summed E-state index contributed by atoms with van der Waals surface area (Å²) in [6, 6.07) is 0. The van der Waals surface area contributed by atoms with Gasteiger partial charge in [0.25, 0.3) is 0 Å². The summed E-state index contributed by atoms with van der Waals surface area (Å²) in [7, 11) is 0. The predicted molar refractivity (Wildman–Crippen MR) is 67.3 cm³/mol. The van der Waals surface area contributed by atoms with Crippen LogP contribution in [0.5, 0.6) is 0 Å². The number of rotatable bonds is 2. The standard InChI is InChI=1S/C11H20OS2/c1-10(2,3)13-8-7(12)9(8)14-11(4,5)6/h8-9H,1-6H3. The molecule has 0 heterocycles. The van der Waals surface area contributed by atoms with Crippen molar-refractivity contribution in [3.63, 3.8) is 0 Å². The molecule has 82 valence electrons. The molecule has 0 radical (unpaired) electrons. The van der Waals surface area contributed by atoms with E-state index in [-0.39, 0.29) is 20.0 Å². The van der Waals surface area contributed by atoms with Crippen LogP contribution in [0.4, 0.5) is 0 Å². The second-order valence-electron chi connectivity index (χ2n) is 5.70. The third kappa shape index (κ3) is 3.85. The van der Waals surface area contributed by atoms with Crippen LogP contribution in [0.25, 0.3) is 0 Å². The summed E-state index contributed by atoms with van der Waals surface area (Å²) in [5, 5.41) is 0.499. The molecule has 1 rings (SSSR count). The molecule has 0 saturated heterocycles. The normalized spacial score (nSPS) is 28.0. The zero-order valence-electron chi connectivity index (χ0n) is 9.88. The minimum Gasteiger partial charge on any atom is -0.297 e. The minimum atomic E-state index is 0.202. The largest absolute Gasteiger partial charge is 0.297 e. The zero-order valence-corrected chi connectivity index (χ0v) is 11.5. The molecule has 3 heteroatoms. The molecule has 0 amide bonds. The molecular weight excluding hydrogens is 212 g/mol. The van der Waals surface area contributed by atoms with Gasteiger partial charge in [-0.25, -0.2) is 0 Å². The van der Waals surface area contributed by atoms with E-state index in [1.54, 1.807) is 0 Å². The van der Waals surface area contributed by atoms with Crippen LogP contribution in [0.2, 0.25) is 0 Å². The van der Waals surface area contributed by atoms with E-state index in [1.807, 2.05) is 23.5 Å². The van der Waals surface area contributed by atoms with Crippen LogP contribution in [0.3, 0.4) is 0 Å². The van der Waals surface area contributed by atoms with Crippen molar-refractivity contribution in [1.29, 1.82) is 0 Å². The number of Topliss-reactive ketones (excluding diaryl/α,β-unsaturated/α-hetero) is 1. The van der Waals surface area contributed by atoms with Gasteiger partial charge in [0.15, 0.2) is 5.78 Å². The van der Waals surface area contributed by atoms with E-state index in [0.29, 0.717) is 5.78 Å². The number of thioether (sulfide) groups is 2. The Morgan fingerprint density at radius 3 is 1.36 bits per heavy atom. The first-order valence-electron chi connectivity index (χ1n) is 4.99. The number of carbonyl (C=O) groups is 1. The predicted octanol–water partition coefficient (Wildman–Crippen LogP) is 3.37. The van der Waals surface area contributed by atoms with Gasteiger partial charge in [0.05, 0.1) is 10.5 Å². The molecule has 1 fully saturated rings. The highest BCUT2D eigenvalue weighted by atomic mass is 32.2. The first-order chi connectivity index (χ1) is 6.10. The van der Waals surface area contributed by atoms with Crippen molar-refractivity contribution in [2.45, 2.75) is 61.5 Å². The fourth-order valence-corrected chi connectivity index (χ4v) is 4.02. The molecule has 2 unspecified atom stereocenters. The maximum absolute atomic E-state index is 11.5. The average Bonchev–Trinajstić information content (AvgIpc) is 2.38. The van der Waals surface area contributed by atoms with E-state index in [9.17, 15) is 4.79 Å². The summed E-state index contributed by atoms with van der Waals surface area (Å²) >= 11 is 3.62. The van der Waals surface area contributed by atoms with Crippen molar-refractivity contribution >= 4 is 29.3 Å². The highest BCUT2D eigenvalue weighted by Crippen LogP contribution is 2.48. The zero-order chi connectivity index (χ0) is 11.1. The number of hydrogen-bond donors (Lipinski definition) is 0. The summed E-state index contributed by atoms with van der Waals surface area (Å²) in [5.74, 6) is 0.435. The molecule has 1 aliphatic carbocycles. The summed E-state index contributed by atoms with van der Waals surface area (Å²) in [6.07, 6.45) is 0. The van der Waals surface area contributed by atoms with Crippen molar-refractivity contribution in [3.8, 4) is 0 Å². The molecule has 1 nitrogen and oxygen atoms in total.